The van der Waals surface area contributed by atoms with E-state index in [4.69, 9.17) is 14.2 Å². The Hall–Kier alpha value is -4.19. The van der Waals surface area contributed by atoms with Gasteiger partial charge in [-0.2, -0.15) is 0 Å². The quantitative estimate of drug-likeness (QED) is 0.0262. The van der Waals surface area contributed by atoms with E-state index in [0.29, 0.717) is 19.3 Å². The van der Waals surface area contributed by atoms with Crippen LogP contribution < -0.4 is 0 Å². The first-order valence-corrected chi connectivity index (χ1v) is 27.0. The van der Waals surface area contributed by atoms with Crippen LogP contribution in [-0.2, 0) is 28.6 Å². The van der Waals surface area contributed by atoms with E-state index < -0.39 is 6.10 Å². The molecule has 0 radical (unpaired) electrons. The van der Waals surface area contributed by atoms with E-state index in [2.05, 4.69) is 130 Å². The van der Waals surface area contributed by atoms with Crippen LogP contribution >= 0.6 is 0 Å². The molecule has 0 aliphatic heterocycles. The molecule has 0 rings (SSSR count). The Morgan fingerprint density at radius 1 is 0.313 bits per heavy atom. The largest absolute Gasteiger partial charge is 0.462 e. The number of carbonyl (C=O) groups is 3. The predicted octanol–water partition coefficient (Wildman–Crippen LogP) is 18.1. The maximum atomic E-state index is 12.8. The predicted molar refractivity (Wildman–Crippen MR) is 288 cm³/mol. The molecule has 0 saturated carbocycles. The summed E-state index contributed by atoms with van der Waals surface area (Å²) in [5, 5.41) is 0. The Kier molecular flexibility index (Phi) is 51.0. The molecule has 6 nitrogen and oxygen atoms in total. The Morgan fingerprint density at radius 3 is 1.06 bits per heavy atom. The summed E-state index contributed by atoms with van der Waals surface area (Å²) in [5.74, 6) is -1.08. The molecule has 6 heteroatoms. The molecule has 0 aromatic carbocycles. The number of hydrogen-bond acceptors (Lipinski definition) is 6. The van der Waals surface area contributed by atoms with Crippen LogP contribution in [0.1, 0.15) is 226 Å². The second kappa shape index (κ2) is 54.4. The molecule has 0 aromatic rings. The lowest BCUT2D eigenvalue weighted by Crippen LogP contribution is -2.30. The average Bonchev–Trinajstić information content (AvgIpc) is 3.33. The number of esters is 3. The van der Waals surface area contributed by atoms with Gasteiger partial charge in [-0.05, 0) is 109 Å². The normalized spacial score (nSPS) is 13.1. The van der Waals surface area contributed by atoms with E-state index in [1.807, 2.05) is 12.2 Å². The van der Waals surface area contributed by atoms with Crippen LogP contribution in [-0.4, -0.2) is 37.2 Å². The van der Waals surface area contributed by atoms with Crippen molar-refractivity contribution in [2.45, 2.75) is 232 Å². The van der Waals surface area contributed by atoms with Crippen molar-refractivity contribution in [3.8, 4) is 0 Å². The molecule has 0 saturated heterocycles. The summed E-state index contributed by atoms with van der Waals surface area (Å²) >= 11 is 0. The zero-order chi connectivity index (χ0) is 48.6. The van der Waals surface area contributed by atoms with Crippen LogP contribution in [0, 0.1) is 0 Å². The molecule has 0 spiro atoms. The topological polar surface area (TPSA) is 78.9 Å². The lowest BCUT2D eigenvalue weighted by molar-refractivity contribution is -0.166. The van der Waals surface area contributed by atoms with E-state index in [9.17, 15) is 14.4 Å². The minimum absolute atomic E-state index is 0.132. The first kappa shape index (κ1) is 62.8. The van der Waals surface area contributed by atoms with Crippen LogP contribution in [0.15, 0.2) is 122 Å². The molecule has 0 amide bonds. The van der Waals surface area contributed by atoms with Gasteiger partial charge in [0.2, 0.25) is 0 Å². The SMILES string of the molecule is CC/C=C\C/C=C\C/C=C\C/C=C\C/C=C\C/C=C\CCC(=O)OCC(COC(=O)CCC/C=C\C/C=C\C/C=C\CC)OC(=O)CCCCCCCCC/C=C\CCCCCCCCCC. The van der Waals surface area contributed by atoms with Crippen LogP contribution in [0.2, 0.25) is 0 Å². The van der Waals surface area contributed by atoms with Gasteiger partial charge in [0.1, 0.15) is 13.2 Å². The van der Waals surface area contributed by atoms with Crippen LogP contribution in [0.3, 0.4) is 0 Å². The molecular formula is C61H98O6. The van der Waals surface area contributed by atoms with Gasteiger partial charge in [0, 0.05) is 19.3 Å². The van der Waals surface area contributed by atoms with E-state index in [-0.39, 0.29) is 44.0 Å². The fraction of sp³-hybridized carbons (Fsp3) is 0.623. The van der Waals surface area contributed by atoms with Crippen molar-refractivity contribution in [1.82, 2.24) is 0 Å². The minimum atomic E-state index is -0.834. The van der Waals surface area contributed by atoms with Gasteiger partial charge in [0.25, 0.3) is 0 Å². The van der Waals surface area contributed by atoms with Gasteiger partial charge in [0.05, 0.1) is 0 Å². The fourth-order valence-electron chi connectivity index (χ4n) is 6.96. The van der Waals surface area contributed by atoms with Crippen LogP contribution in [0.5, 0.6) is 0 Å². The molecule has 0 N–H and O–H groups in total. The maximum Gasteiger partial charge on any atom is 0.306 e. The van der Waals surface area contributed by atoms with Gasteiger partial charge in [-0.25, -0.2) is 0 Å². The van der Waals surface area contributed by atoms with Crippen LogP contribution in [0.25, 0.3) is 0 Å². The molecule has 0 bridgehead atoms. The summed E-state index contributed by atoms with van der Waals surface area (Å²) in [4.78, 5) is 38.0. The standard InChI is InChI=1S/C61H98O6/c1-4-7-10-13-16-19-22-24-26-28-30-32-34-36-39-42-45-48-51-54-60(63)66-57-58(56-65-59(62)53-50-47-44-41-38-21-18-15-12-9-6-3)67-61(64)55-52-49-46-43-40-37-35-33-31-29-27-25-23-20-17-14-11-8-5-2/h7,9-10,12,16,18-19,21,24,26,29-32,36,39,41,44-45,48,58H,4-6,8,11,13-15,17,20,22-23,25,27-28,33-35,37-38,40,42-43,46-47,49-57H2,1-3H3/b10-7-,12-9-,19-16-,21-18-,26-24-,31-29-,32-30-,39-36-,44-41-,48-45-. The summed E-state index contributed by atoms with van der Waals surface area (Å²) in [6.07, 6.45) is 75.0. The van der Waals surface area contributed by atoms with Crippen molar-refractivity contribution in [2.24, 2.45) is 0 Å². The monoisotopic (exact) mass is 927 g/mol. The molecule has 0 aliphatic carbocycles. The third-order valence-corrected chi connectivity index (χ3v) is 10.9. The summed E-state index contributed by atoms with van der Waals surface area (Å²) in [7, 11) is 0. The molecule has 378 valence electrons. The Labute approximate surface area is 412 Å². The summed E-state index contributed by atoms with van der Waals surface area (Å²) in [5.41, 5.74) is 0. The van der Waals surface area contributed by atoms with Crippen molar-refractivity contribution in [3.63, 3.8) is 0 Å². The fourth-order valence-corrected chi connectivity index (χ4v) is 6.96. The summed E-state index contributed by atoms with van der Waals surface area (Å²) in [6, 6.07) is 0. The molecule has 0 fully saturated rings. The van der Waals surface area contributed by atoms with Crippen molar-refractivity contribution in [3.05, 3.63) is 122 Å². The van der Waals surface area contributed by atoms with E-state index in [0.717, 1.165) is 83.5 Å². The molecular weight excluding hydrogens is 829 g/mol. The number of ether oxygens (including phenoxy) is 3. The summed E-state index contributed by atoms with van der Waals surface area (Å²) < 4.78 is 16.7. The lowest BCUT2D eigenvalue weighted by Gasteiger charge is -2.18. The Bertz CT molecular complexity index is 1440. The van der Waals surface area contributed by atoms with E-state index in [1.54, 1.807) is 0 Å². The van der Waals surface area contributed by atoms with Gasteiger partial charge in [-0.1, -0.05) is 219 Å². The molecule has 0 aromatic heterocycles. The van der Waals surface area contributed by atoms with Gasteiger partial charge in [-0.3, -0.25) is 14.4 Å². The number of rotatable bonds is 47. The van der Waals surface area contributed by atoms with Crippen molar-refractivity contribution in [1.29, 1.82) is 0 Å². The first-order valence-electron chi connectivity index (χ1n) is 27.0. The zero-order valence-corrected chi connectivity index (χ0v) is 43.1. The van der Waals surface area contributed by atoms with Crippen molar-refractivity contribution in [2.75, 3.05) is 13.2 Å². The van der Waals surface area contributed by atoms with Crippen molar-refractivity contribution < 1.29 is 28.6 Å². The number of carbonyl (C=O) groups excluding carboxylic acids is 3. The second-order valence-corrected chi connectivity index (χ2v) is 17.4. The lowest BCUT2D eigenvalue weighted by atomic mass is 10.1. The van der Waals surface area contributed by atoms with Gasteiger partial charge < -0.3 is 14.2 Å². The molecule has 1 unspecified atom stereocenters. The number of allylic oxidation sites excluding steroid dienone is 20. The first-order chi connectivity index (χ1) is 33.0. The maximum absolute atomic E-state index is 12.8. The third-order valence-electron chi connectivity index (χ3n) is 10.9. The van der Waals surface area contributed by atoms with E-state index in [1.165, 1.54) is 89.9 Å². The Morgan fingerprint density at radius 2 is 0.627 bits per heavy atom. The minimum Gasteiger partial charge on any atom is -0.462 e. The summed E-state index contributed by atoms with van der Waals surface area (Å²) in [6.45, 7) is 6.28. The van der Waals surface area contributed by atoms with Gasteiger partial charge >= 0.3 is 17.9 Å². The highest BCUT2D eigenvalue weighted by molar-refractivity contribution is 5.71. The zero-order valence-electron chi connectivity index (χ0n) is 43.1. The molecule has 67 heavy (non-hydrogen) atoms. The highest BCUT2D eigenvalue weighted by Crippen LogP contribution is 2.13. The number of unbranched alkanes of at least 4 members (excludes halogenated alkanes) is 16. The third kappa shape index (κ3) is 52.6. The molecule has 0 heterocycles. The van der Waals surface area contributed by atoms with Gasteiger partial charge in [-0.15, -0.1) is 0 Å². The number of hydrogen-bond donors (Lipinski definition) is 0. The molecule has 0 aliphatic rings. The second-order valence-electron chi connectivity index (χ2n) is 17.4. The Balaban J connectivity index is 4.52. The highest BCUT2D eigenvalue weighted by atomic mass is 16.6. The van der Waals surface area contributed by atoms with Gasteiger partial charge in [0.15, 0.2) is 6.10 Å². The van der Waals surface area contributed by atoms with Crippen LogP contribution in [0.4, 0.5) is 0 Å². The smallest absolute Gasteiger partial charge is 0.306 e. The van der Waals surface area contributed by atoms with Crippen molar-refractivity contribution >= 4 is 17.9 Å². The average molecular weight is 927 g/mol. The highest BCUT2D eigenvalue weighted by Gasteiger charge is 2.19. The van der Waals surface area contributed by atoms with E-state index >= 15 is 0 Å². The molecule has 1 atom stereocenters.